The maximum atomic E-state index is 13.3. The minimum absolute atomic E-state index is 0.174. The molecule has 0 radical (unpaired) electrons. The second-order valence-corrected chi connectivity index (χ2v) is 11.4. The van der Waals surface area contributed by atoms with E-state index in [9.17, 15) is 14.7 Å². The summed E-state index contributed by atoms with van der Waals surface area (Å²) in [6.07, 6.45) is 3.22. The number of aliphatic carboxylic acids is 1. The van der Waals surface area contributed by atoms with E-state index < -0.39 is 11.4 Å². The lowest BCUT2D eigenvalue weighted by molar-refractivity contribution is -0.145. The van der Waals surface area contributed by atoms with Crippen molar-refractivity contribution in [2.75, 3.05) is 20.6 Å². The number of rotatable bonds is 8. The van der Waals surface area contributed by atoms with Crippen LogP contribution in [0.15, 0.2) is 42.5 Å². The number of hydrogen-bond donors (Lipinski definition) is 2. The van der Waals surface area contributed by atoms with Gasteiger partial charge in [-0.15, -0.1) is 11.3 Å². The highest BCUT2D eigenvalue weighted by Gasteiger charge is 2.45. The fourth-order valence-electron chi connectivity index (χ4n) is 5.68. The van der Waals surface area contributed by atoms with Crippen LogP contribution in [0.5, 0.6) is 0 Å². The lowest BCUT2D eigenvalue weighted by Gasteiger charge is -2.37. The summed E-state index contributed by atoms with van der Waals surface area (Å²) in [5, 5.41) is 13.4. The van der Waals surface area contributed by atoms with Crippen LogP contribution in [0.4, 0.5) is 0 Å². The van der Waals surface area contributed by atoms with Gasteiger partial charge >= 0.3 is 5.97 Å². The fourth-order valence-corrected chi connectivity index (χ4v) is 6.64. The average molecular weight is 478 g/mol. The first-order chi connectivity index (χ1) is 16.3. The first-order valence-corrected chi connectivity index (χ1v) is 12.7. The molecule has 2 aliphatic rings. The molecule has 0 atom stereocenters. The van der Waals surface area contributed by atoms with E-state index in [2.05, 4.69) is 42.5 Å². The molecular weight excluding hydrogens is 446 g/mol. The molecule has 2 aromatic carbocycles. The van der Waals surface area contributed by atoms with Crippen molar-refractivity contribution in [2.45, 2.75) is 44.6 Å². The van der Waals surface area contributed by atoms with Gasteiger partial charge in [-0.3, -0.25) is 9.59 Å². The molecular formula is C27H31N3O3S. The standard InChI is InChI=1S/C27H31N3O3S/c1-30(2)16-17-9-21(10-17)18-7-8-22-23(11-18)34-24(29-22)15-28-26(33)27(14-25(31)32)12-19-5-3-4-6-20(19)13-27/h3-8,11,17,21H,9-10,12-16H2,1-2H3,(H,28,33)(H,31,32)/t17-,21+. The number of carboxylic acids is 1. The second-order valence-electron chi connectivity index (χ2n) is 10.3. The minimum atomic E-state index is -0.945. The van der Waals surface area contributed by atoms with Gasteiger partial charge in [0.25, 0.3) is 0 Å². The van der Waals surface area contributed by atoms with Crippen LogP contribution in [0.2, 0.25) is 0 Å². The van der Waals surface area contributed by atoms with Gasteiger partial charge in [0.05, 0.1) is 28.6 Å². The number of fused-ring (bicyclic) bond motifs is 2. The Morgan fingerprint density at radius 3 is 2.50 bits per heavy atom. The Hall–Kier alpha value is -2.77. The molecule has 2 aliphatic carbocycles. The van der Waals surface area contributed by atoms with Crippen LogP contribution >= 0.6 is 11.3 Å². The van der Waals surface area contributed by atoms with Crippen LogP contribution in [-0.2, 0) is 29.0 Å². The number of benzene rings is 2. The normalized spacial score (nSPS) is 20.8. The molecule has 0 aliphatic heterocycles. The first-order valence-electron chi connectivity index (χ1n) is 11.9. The van der Waals surface area contributed by atoms with E-state index in [0.717, 1.165) is 38.8 Å². The quantitative estimate of drug-likeness (QED) is 0.507. The van der Waals surface area contributed by atoms with Gasteiger partial charge in [0.2, 0.25) is 5.91 Å². The van der Waals surface area contributed by atoms with Gasteiger partial charge in [-0.05, 0) is 80.4 Å². The van der Waals surface area contributed by atoms with Crippen molar-refractivity contribution < 1.29 is 14.7 Å². The van der Waals surface area contributed by atoms with Gasteiger partial charge in [0, 0.05) is 6.54 Å². The summed E-state index contributed by atoms with van der Waals surface area (Å²) in [6, 6.07) is 14.4. The number of nitrogens with one attached hydrogen (secondary N) is 1. The molecule has 178 valence electrons. The zero-order chi connectivity index (χ0) is 23.9. The Kier molecular flexibility index (Phi) is 6.16. The van der Waals surface area contributed by atoms with E-state index in [1.165, 1.54) is 18.4 Å². The Morgan fingerprint density at radius 2 is 1.85 bits per heavy atom. The number of carbonyl (C=O) groups excluding carboxylic acids is 1. The number of hydrogen-bond acceptors (Lipinski definition) is 5. The predicted molar refractivity (Wildman–Crippen MR) is 134 cm³/mol. The summed E-state index contributed by atoms with van der Waals surface area (Å²) < 4.78 is 1.14. The molecule has 1 saturated carbocycles. The van der Waals surface area contributed by atoms with Crippen molar-refractivity contribution in [3.63, 3.8) is 0 Å². The molecule has 5 rings (SSSR count). The molecule has 0 saturated heterocycles. The van der Waals surface area contributed by atoms with Crippen molar-refractivity contribution in [1.29, 1.82) is 0 Å². The average Bonchev–Trinajstić information content (AvgIpc) is 3.34. The van der Waals surface area contributed by atoms with E-state index >= 15 is 0 Å². The number of carboxylic acid groups (broad SMARTS) is 1. The van der Waals surface area contributed by atoms with E-state index in [4.69, 9.17) is 4.98 Å². The Labute approximate surface area is 204 Å². The van der Waals surface area contributed by atoms with Crippen LogP contribution in [0, 0.1) is 11.3 Å². The summed E-state index contributed by atoms with van der Waals surface area (Å²) >= 11 is 1.61. The highest BCUT2D eigenvalue weighted by Crippen LogP contribution is 2.43. The molecule has 0 spiro atoms. The van der Waals surface area contributed by atoms with Gasteiger partial charge in [-0.1, -0.05) is 30.3 Å². The third-order valence-corrected chi connectivity index (χ3v) is 8.35. The predicted octanol–water partition coefficient (Wildman–Crippen LogP) is 4.23. The summed E-state index contributed by atoms with van der Waals surface area (Å²) in [7, 11) is 4.26. The van der Waals surface area contributed by atoms with Gasteiger partial charge in [0.1, 0.15) is 5.01 Å². The molecule has 1 fully saturated rings. The molecule has 3 aromatic rings. The third kappa shape index (κ3) is 4.59. The number of nitrogens with zero attached hydrogens (tertiary/aromatic N) is 2. The van der Waals surface area contributed by atoms with Gasteiger partial charge in [-0.25, -0.2) is 4.98 Å². The molecule has 0 unspecified atom stereocenters. The smallest absolute Gasteiger partial charge is 0.304 e. The Morgan fingerprint density at radius 1 is 1.15 bits per heavy atom. The maximum Gasteiger partial charge on any atom is 0.304 e. The summed E-state index contributed by atoms with van der Waals surface area (Å²) in [5.41, 5.74) is 3.53. The Balaban J connectivity index is 1.25. The van der Waals surface area contributed by atoms with Crippen molar-refractivity contribution >= 4 is 33.4 Å². The van der Waals surface area contributed by atoms with Crippen LogP contribution < -0.4 is 5.32 Å². The van der Waals surface area contributed by atoms with Gasteiger partial charge in [0.15, 0.2) is 0 Å². The largest absolute Gasteiger partial charge is 0.481 e. The monoisotopic (exact) mass is 477 g/mol. The molecule has 1 heterocycles. The zero-order valence-corrected chi connectivity index (χ0v) is 20.5. The number of thiazole rings is 1. The van der Waals surface area contributed by atoms with E-state index in [-0.39, 0.29) is 12.3 Å². The van der Waals surface area contributed by atoms with Gasteiger partial charge < -0.3 is 15.3 Å². The highest BCUT2D eigenvalue weighted by atomic mass is 32.1. The molecule has 34 heavy (non-hydrogen) atoms. The molecule has 1 aromatic heterocycles. The van der Waals surface area contributed by atoms with Crippen molar-refractivity contribution in [2.24, 2.45) is 11.3 Å². The summed E-state index contributed by atoms with van der Waals surface area (Å²) in [6.45, 7) is 1.47. The fraction of sp³-hybridized carbons (Fsp3) is 0.444. The molecule has 2 N–H and O–H groups in total. The SMILES string of the molecule is CN(C)C[C@H]1C[C@@H](c2ccc3nc(CNC(=O)C4(CC(=O)O)Cc5ccccc5C4)sc3c2)C1. The van der Waals surface area contributed by atoms with Crippen molar-refractivity contribution in [3.05, 3.63) is 64.2 Å². The van der Waals surface area contributed by atoms with Crippen molar-refractivity contribution in [1.82, 2.24) is 15.2 Å². The molecule has 1 amide bonds. The number of aromatic nitrogens is 1. The van der Waals surface area contributed by atoms with Crippen LogP contribution in [0.25, 0.3) is 10.2 Å². The first kappa shape index (κ1) is 23.0. The lowest BCUT2D eigenvalue weighted by Crippen LogP contribution is -2.43. The number of carbonyl (C=O) groups is 2. The zero-order valence-electron chi connectivity index (χ0n) is 19.7. The summed E-state index contributed by atoms with van der Waals surface area (Å²) in [5.74, 6) is 0.258. The lowest BCUT2D eigenvalue weighted by atomic mass is 9.71. The highest BCUT2D eigenvalue weighted by molar-refractivity contribution is 7.18. The number of amides is 1. The molecule has 0 bridgehead atoms. The van der Waals surface area contributed by atoms with E-state index in [1.54, 1.807) is 11.3 Å². The second kappa shape index (κ2) is 9.12. The van der Waals surface area contributed by atoms with Crippen molar-refractivity contribution in [3.8, 4) is 0 Å². The van der Waals surface area contributed by atoms with Crippen LogP contribution in [0.3, 0.4) is 0 Å². The summed E-state index contributed by atoms with van der Waals surface area (Å²) in [4.78, 5) is 31.8. The topological polar surface area (TPSA) is 82.5 Å². The molecule has 7 heteroatoms. The van der Waals surface area contributed by atoms with E-state index in [1.807, 2.05) is 24.3 Å². The van der Waals surface area contributed by atoms with Crippen LogP contribution in [0.1, 0.15) is 46.9 Å². The minimum Gasteiger partial charge on any atom is -0.481 e. The molecule has 6 nitrogen and oxygen atoms in total. The third-order valence-electron chi connectivity index (χ3n) is 7.33. The Bertz CT molecular complexity index is 1200. The van der Waals surface area contributed by atoms with Gasteiger partial charge in [-0.2, -0.15) is 0 Å². The van der Waals surface area contributed by atoms with E-state index in [0.29, 0.717) is 25.3 Å². The maximum absolute atomic E-state index is 13.3. The van der Waals surface area contributed by atoms with Crippen LogP contribution in [-0.4, -0.2) is 47.5 Å².